The van der Waals surface area contributed by atoms with E-state index in [2.05, 4.69) is 15.9 Å². The second-order valence-electron chi connectivity index (χ2n) is 8.95. The van der Waals surface area contributed by atoms with Gasteiger partial charge in [-0.3, -0.25) is 9.79 Å². The topological polar surface area (TPSA) is 94.4 Å². The van der Waals surface area contributed by atoms with Crippen LogP contribution < -0.4 is 4.74 Å². The van der Waals surface area contributed by atoms with Gasteiger partial charge in [0.1, 0.15) is 12.4 Å². The van der Waals surface area contributed by atoms with Crippen LogP contribution in [0.5, 0.6) is 11.5 Å². The zero-order valence-corrected chi connectivity index (χ0v) is 22.2. The van der Waals surface area contributed by atoms with E-state index in [0.717, 1.165) is 11.3 Å². The van der Waals surface area contributed by atoms with Gasteiger partial charge in [-0.1, -0.05) is 30.3 Å². The smallest absolute Gasteiger partial charge is 0.336 e. The molecule has 2 aromatic rings. The van der Waals surface area contributed by atoms with Crippen molar-refractivity contribution in [1.82, 2.24) is 0 Å². The molecule has 7 nitrogen and oxygen atoms in total. The Morgan fingerprint density at radius 2 is 1.86 bits per heavy atom. The van der Waals surface area contributed by atoms with Gasteiger partial charge >= 0.3 is 5.97 Å². The molecule has 0 spiro atoms. The lowest BCUT2D eigenvalue weighted by Crippen LogP contribution is -2.41. The minimum absolute atomic E-state index is 0.0238. The fourth-order valence-corrected chi connectivity index (χ4v) is 5.56. The Kier molecular flexibility index (Phi) is 8.26. The van der Waals surface area contributed by atoms with Crippen molar-refractivity contribution in [3.8, 4) is 11.5 Å². The largest absolute Gasteiger partial charge is 0.503 e. The van der Waals surface area contributed by atoms with Gasteiger partial charge in [0, 0.05) is 30.9 Å². The minimum Gasteiger partial charge on any atom is -0.503 e. The average molecular weight is 556 g/mol. The van der Waals surface area contributed by atoms with E-state index in [-0.39, 0.29) is 36.4 Å². The molecule has 2 aromatic carbocycles. The van der Waals surface area contributed by atoms with Crippen LogP contribution in [0.2, 0.25) is 0 Å². The average Bonchev–Trinajstić information content (AvgIpc) is 2.86. The molecule has 0 radical (unpaired) electrons. The van der Waals surface area contributed by atoms with Gasteiger partial charge in [0.2, 0.25) is 0 Å². The highest BCUT2D eigenvalue weighted by Gasteiger charge is 2.46. The van der Waals surface area contributed by atoms with E-state index in [9.17, 15) is 14.7 Å². The Morgan fingerprint density at radius 3 is 2.56 bits per heavy atom. The number of ether oxygens (including phenoxy) is 3. The summed E-state index contributed by atoms with van der Waals surface area (Å²) >= 11 is 3.41. The number of phenols is 1. The van der Waals surface area contributed by atoms with E-state index < -0.39 is 17.8 Å². The molecule has 1 saturated carbocycles. The molecule has 0 saturated heterocycles. The summed E-state index contributed by atoms with van der Waals surface area (Å²) in [4.78, 5) is 31.8. The highest BCUT2D eigenvalue weighted by Crippen LogP contribution is 2.48. The van der Waals surface area contributed by atoms with E-state index in [4.69, 9.17) is 19.2 Å². The minimum atomic E-state index is -0.618. The van der Waals surface area contributed by atoms with E-state index in [1.165, 1.54) is 7.11 Å². The number of rotatable bonds is 8. The molecular formula is C28H30BrNO6. The zero-order valence-electron chi connectivity index (χ0n) is 20.6. The third-order valence-corrected chi connectivity index (χ3v) is 7.28. The summed E-state index contributed by atoms with van der Waals surface area (Å²) in [6.45, 7) is 4.30. The van der Waals surface area contributed by atoms with E-state index in [1.54, 1.807) is 19.1 Å². The molecular weight excluding hydrogens is 526 g/mol. The lowest BCUT2D eigenvalue weighted by molar-refractivity contribution is -0.140. The molecule has 4 rings (SSSR count). The van der Waals surface area contributed by atoms with Crippen LogP contribution in [0, 0.1) is 5.92 Å². The van der Waals surface area contributed by atoms with Gasteiger partial charge < -0.3 is 19.3 Å². The molecule has 0 aromatic heterocycles. The lowest BCUT2D eigenvalue weighted by atomic mass is 9.66. The summed E-state index contributed by atoms with van der Waals surface area (Å²) in [6, 6.07) is 13.4. The number of hydrogen-bond acceptors (Lipinski definition) is 7. The molecule has 2 aliphatic rings. The first-order valence-corrected chi connectivity index (χ1v) is 12.8. The van der Waals surface area contributed by atoms with Gasteiger partial charge in [-0.15, -0.1) is 0 Å². The molecule has 0 bridgehead atoms. The Bertz CT molecular complexity index is 1210. The number of aliphatic imine (C=N–C) groups is 1. The summed E-state index contributed by atoms with van der Waals surface area (Å²) < 4.78 is 16.6. The molecule has 1 fully saturated rings. The zero-order chi connectivity index (χ0) is 25.8. The predicted octanol–water partition coefficient (Wildman–Crippen LogP) is 5.32. The third kappa shape index (κ3) is 5.25. The van der Waals surface area contributed by atoms with Gasteiger partial charge in [0.25, 0.3) is 0 Å². The number of esters is 1. The summed E-state index contributed by atoms with van der Waals surface area (Å²) in [6.07, 6.45) is 0.977. The Hall–Kier alpha value is -2.97. The SMILES string of the molecule is CCOc1cc([C@@H]2C(C(=O)OCCOC)=C(C)N=C3C[C@H](c4ccccc4)CC(=O)C32)cc(Br)c1O. The molecule has 3 atom stereocenters. The lowest BCUT2D eigenvalue weighted by Gasteiger charge is -2.38. The van der Waals surface area contributed by atoms with Crippen molar-refractivity contribution < 1.29 is 28.9 Å². The molecule has 0 amide bonds. The van der Waals surface area contributed by atoms with Crippen molar-refractivity contribution >= 4 is 33.4 Å². The van der Waals surface area contributed by atoms with E-state index in [1.807, 2.05) is 37.3 Å². The molecule has 1 aliphatic heterocycles. The summed E-state index contributed by atoms with van der Waals surface area (Å²) in [7, 11) is 1.53. The fourth-order valence-electron chi connectivity index (χ4n) is 5.10. The van der Waals surface area contributed by atoms with Crippen LogP contribution in [0.25, 0.3) is 0 Å². The number of methoxy groups -OCH3 is 1. The standard InChI is InChI=1S/C28H30BrNO6/c1-4-35-23-15-19(12-20(29)27(23)32)25-24(28(33)36-11-10-34-3)16(2)30-21-13-18(14-22(31)26(21)25)17-8-6-5-7-9-17/h5-9,12,15,18,25-26,32H,4,10-11,13-14H2,1-3H3/t18-,25+,26?/m0/s1. The highest BCUT2D eigenvalue weighted by atomic mass is 79.9. The number of hydrogen-bond donors (Lipinski definition) is 1. The second-order valence-corrected chi connectivity index (χ2v) is 9.81. The van der Waals surface area contributed by atoms with Crippen LogP contribution in [0.3, 0.4) is 0 Å². The quantitative estimate of drug-likeness (QED) is 0.350. The molecule has 1 heterocycles. The van der Waals surface area contributed by atoms with E-state index >= 15 is 0 Å². The molecule has 1 unspecified atom stereocenters. The Balaban J connectivity index is 1.81. The third-order valence-electron chi connectivity index (χ3n) is 6.68. The number of benzene rings is 2. The number of aromatic hydroxyl groups is 1. The summed E-state index contributed by atoms with van der Waals surface area (Å²) in [5.41, 5.74) is 3.40. The number of halogens is 1. The van der Waals surface area contributed by atoms with Crippen LogP contribution in [-0.2, 0) is 19.1 Å². The molecule has 8 heteroatoms. The van der Waals surface area contributed by atoms with Crippen LogP contribution in [-0.4, -0.2) is 49.5 Å². The molecule has 1 aliphatic carbocycles. The van der Waals surface area contributed by atoms with Crippen LogP contribution in [0.15, 0.2) is 63.2 Å². The van der Waals surface area contributed by atoms with Gasteiger partial charge in [-0.25, -0.2) is 4.79 Å². The van der Waals surface area contributed by atoms with E-state index in [0.29, 0.717) is 40.8 Å². The van der Waals surface area contributed by atoms with Crippen LogP contribution >= 0.6 is 15.9 Å². The first-order chi connectivity index (χ1) is 17.3. The Morgan fingerprint density at radius 1 is 1.11 bits per heavy atom. The van der Waals surface area contributed by atoms with Gasteiger partial charge in [-0.2, -0.15) is 0 Å². The number of allylic oxidation sites excluding steroid dienone is 1. The number of carbonyl (C=O) groups is 2. The highest BCUT2D eigenvalue weighted by molar-refractivity contribution is 9.10. The monoisotopic (exact) mass is 555 g/mol. The normalized spacial score (nSPS) is 21.6. The number of phenolic OH excluding ortho intramolecular Hbond substituents is 1. The predicted molar refractivity (Wildman–Crippen MR) is 140 cm³/mol. The van der Waals surface area contributed by atoms with Crippen molar-refractivity contribution in [1.29, 1.82) is 0 Å². The van der Waals surface area contributed by atoms with Crippen molar-refractivity contribution in [2.24, 2.45) is 10.9 Å². The molecule has 190 valence electrons. The van der Waals surface area contributed by atoms with Gasteiger partial charge in [-0.05, 0) is 65.4 Å². The molecule has 36 heavy (non-hydrogen) atoms. The van der Waals surface area contributed by atoms with Gasteiger partial charge in [0.15, 0.2) is 11.5 Å². The van der Waals surface area contributed by atoms with Crippen molar-refractivity contribution in [2.45, 2.75) is 38.5 Å². The first kappa shape index (κ1) is 26.1. The van der Waals surface area contributed by atoms with Crippen LogP contribution in [0.4, 0.5) is 0 Å². The first-order valence-electron chi connectivity index (χ1n) is 12.0. The summed E-state index contributed by atoms with van der Waals surface area (Å²) in [5, 5.41) is 10.5. The molecule has 1 N–H and O–H groups in total. The number of ketones is 1. The van der Waals surface area contributed by atoms with Crippen LogP contribution in [0.1, 0.15) is 49.7 Å². The second kappa shape index (κ2) is 11.4. The van der Waals surface area contributed by atoms with Crippen molar-refractivity contribution in [2.75, 3.05) is 26.9 Å². The maximum Gasteiger partial charge on any atom is 0.336 e. The Labute approximate surface area is 219 Å². The number of carbonyl (C=O) groups excluding carboxylic acids is 2. The number of nitrogens with zero attached hydrogens (tertiary/aromatic N) is 1. The fraction of sp³-hybridized carbons (Fsp3) is 0.393. The van der Waals surface area contributed by atoms with Crippen molar-refractivity contribution in [3.05, 3.63) is 69.3 Å². The van der Waals surface area contributed by atoms with Gasteiger partial charge in [0.05, 0.1) is 29.2 Å². The summed E-state index contributed by atoms with van der Waals surface area (Å²) in [5.74, 6) is -1.45. The van der Waals surface area contributed by atoms with Crippen molar-refractivity contribution in [3.63, 3.8) is 0 Å². The number of Topliss-reactive ketones (excluding diaryl/α,β-unsaturated/α-hetero) is 1. The number of fused-ring (bicyclic) bond motifs is 1. The maximum atomic E-state index is 13.7. The maximum absolute atomic E-state index is 13.7.